The number of carbonyl (C=O) groups is 1. The number of amides is 1. The van der Waals surface area contributed by atoms with Gasteiger partial charge in [0.15, 0.2) is 0 Å². The highest BCUT2D eigenvalue weighted by atomic mass is 16.2. The van der Waals surface area contributed by atoms with E-state index < -0.39 is 0 Å². The van der Waals surface area contributed by atoms with E-state index in [9.17, 15) is 4.79 Å². The van der Waals surface area contributed by atoms with Crippen LogP contribution in [0, 0.1) is 6.92 Å². The molecule has 102 valence electrons. The number of piperazine rings is 1. The van der Waals surface area contributed by atoms with E-state index in [0.717, 1.165) is 18.7 Å². The van der Waals surface area contributed by atoms with E-state index in [4.69, 9.17) is 0 Å². The van der Waals surface area contributed by atoms with Crippen LogP contribution < -0.4 is 5.32 Å². The van der Waals surface area contributed by atoms with Crippen LogP contribution >= 0.6 is 0 Å². The molecule has 0 spiro atoms. The predicted molar refractivity (Wildman–Crippen MR) is 78.9 cm³/mol. The molecule has 3 nitrogen and oxygen atoms in total. The molecule has 3 heteroatoms. The summed E-state index contributed by atoms with van der Waals surface area (Å²) in [5.74, 6) is 0.0979. The molecular formula is C16H22N2O. The highest BCUT2D eigenvalue weighted by Crippen LogP contribution is 2.08. The van der Waals surface area contributed by atoms with E-state index in [1.165, 1.54) is 5.56 Å². The van der Waals surface area contributed by atoms with Gasteiger partial charge in [0.25, 0.3) is 0 Å². The third-order valence-corrected chi connectivity index (χ3v) is 3.36. The van der Waals surface area contributed by atoms with Crippen molar-refractivity contribution in [3.8, 4) is 0 Å². The Balaban J connectivity index is 1.98. The fraction of sp³-hybridized carbons (Fsp3) is 0.438. The molecule has 2 rings (SSSR count). The van der Waals surface area contributed by atoms with Gasteiger partial charge in [-0.2, -0.15) is 0 Å². The lowest BCUT2D eigenvalue weighted by Crippen LogP contribution is -2.55. The van der Waals surface area contributed by atoms with Crippen LogP contribution in [0.4, 0.5) is 0 Å². The average molecular weight is 258 g/mol. The molecule has 1 aromatic carbocycles. The lowest BCUT2D eigenvalue weighted by molar-refractivity contribution is -0.127. The largest absolute Gasteiger partial charge is 0.336 e. The molecule has 0 radical (unpaired) electrons. The summed E-state index contributed by atoms with van der Waals surface area (Å²) in [5, 5.41) is 3.43. The summed E-state index contributed by atoms with van der Waals surface area (Å²) >= 11 is 0. The zero-order chi connectivity index (χ0) is 13.8. The summed E-state index contributed by atoms with van der Waals surface area (Å²) in [4.78, 5) is 14.1. The molecule has 1 fully saturated rings. The third-order valence-electron chi connectivity index (χ3n) is 3.36. The third kappa shape index (κ3) is 3.93. The maximum Gasteiger partial charge on any atom is 0.246 e. The van der Waals surface area contributed by atoms with Gasteiger partial charge in [-0.1, -0.05) is 29.8 Å². The van der Waals surface area contributed by atoms with Crippen molar-refractivity contribution in [2.45, 2.75) is 32.9 Å². The Morgan fingerprint density at radius 1 is 1.21 bits per heavy atom. The molecule has 19 heavy (non-hydrogen) atoms. The molecule has 0 bridgehead atoms. The Labute approximate surface area is 115 Å². The molecule has 1 aliphatic rings. The number of aryl methyl sites for hydroxylation is 1. The number of rotatable bonds is 2. The standard InChI is InChI=1S/C16H22N2O/c1-12-4-6-15(7-5-12)8-9-16(19)18-10-13(2)17-14(3)11-18/h4-9,13-14,17H,10-11H2,1-3H3/b9-8+. The van der Waals surface area contributed by atoms with Crippen molar-refractivity contribution in [2.75, 3.05) is 13.1 Å². The molecule has 0 saturated carbocycles. The first kappa shape index (κ1) is 13.8. The molecule has 1 saturated heterocycles. The van der Waals surface area contributed by atoms with Crippen molar-refractivity contribution in [2.24, 2.45) is 0 Å². The van der Waals surface area contributed by atoms with Gasteiger partial charge in [-0.05, 0) is 32.4 Å². The maximum absolute atomic E-state index is 12.1. The Bertz CT molecular complexity index is 454. The van der Waals surface area contributed by atoms with Crippen molar-refractivity contribution in [1.82, 2.24) is 10.2 Å². The van der Waals surface area contributed by atoms with Crippen molar-refractivity contribution in [3.05, 3.63) is 41.5 Å². The molecule has 2 atom stereocenters. The molecule has 0 aliphatic carbocycles. The second-order valence-electron chi connectivity index (χ2n) is 5.46. The normalized spacial score (nSPS) is 23.8. The monoisotopic (exact) mass is 258 g/mol. The molecule has 1 aromatic rings. The fourth-order valence-corrected chi connectivity index (χ4v) is 2.46. The second-order valence-corrected chi connectivity index (χ2v) is 5.46. The van der Waals surface area contributed by atoms with Crippen LogP contribution in [-0.4, -0.2) is 36.0 Å². The molecule has 2 unspecified atom stereocenters. The van der Waals surface area contributed by atoms with E-state index in [0.29, 0.717) is 12.1 Å². The van der Waals surface area contributed by atoms with Gasteiger partial charge in [0.1, 0.15) is 0 Å². The van der Waals surface area contributed by atoms with Gasteiger partial charge >= 0.3 is 0 Å². The predicted octanol–water partition coefficient (Wildman–Crippen LogP) is 2.22. The summed E-state index contributed by atoms with van der Waals surface area (Å²) in [6, 6.07) is 8.89. The number of nitrogens with zero attached hydrogens (tertiary/aromatic N) is 1. The summed E-state index contributed by atoms with van der Waals surface area (Å²) < 4.78 is 0. The van der Waals surface area contributed by atoms with Crippen molar-refractivity contribution in [1.29, 1.82) is 0 Å². The quantitative estimate of drug-likeness (QED) is 0.825. The van der Waals surface area contributed by atoms with Crippen molar-refractivity contribution < 1.29 is 4.79 Å². The summed E-state index contributed by atoms with van der Waals surface area (Å²) in [6.45, 7) is 7.84. The highest BCUT2D eigenvalue weighted by molar-refractivity contribution is 5.91. The maximum atomic E-state index is 12.1. The number of hydrogen-bond acceptors (Lipinski definition) is 2. The molecular weight excluding hydrogens is 236 g/mol. The smallest absolute Gasteiger partial charge is 0.246 e. The van der Waals surface area contributed by atoms with Crippen LogP contribution in [0.1, 0.15) is 25.0 Å². The minimum absolute atomic E-state index is 0.0979. The molecule has 1 amide bonds. The minimum atomic E-state index is 0.0979. The van der Waals surface area contributed by atoms with Gasteiger partial charge in [0, 0.05) is 31.2 Å². The van der Waals surface area contributed by atoms with Gasteiger partial charge < -0.3 is 10.2 Å². The lowest BCUT2D eigenvalue weighted by atomic mass is 10.1. The molecule has 1 N–H and O–H groups in total. The average Bonchev–Trinajstić information content (AvgIpc) is 2.36. The Hall–Kier alpha value is -1.61. The topological polar surface area (TPSA) is 32.3 Å². The van der Waals surface area contributed by atoms with Gasteiger partial charge in [0.05, 0.1) is 0 Å². The zero-order valence-corrected chi connectivity index (χ0v) is 11.9. The number of nitrogens with one attached hydrogen (secondary N) is 1. The first-order valence-corrected chi connectivity index (χ1v) is 6.84. The van der Waals surface area contributed by atoms with Crippen molar-refractivity contribution in [3.63, 3.8) is 0 Å². The van der Waals surface area contributed by atoms with Crippen LogP contribution in [0.2, 0.25) is 0 Å². The summed E-state index contributed by atoms with van der Waals surface area (Å²) in [5.41, 5.74) is 2.29. The van der Waals surface area contributed by atoms with Crippen LogP contribution in [0.5, 0.6) is 0 Å². The Morgan fingerprint density at radius 3 is 2.37 bits per heavy atom. The van der Waals surface area contributed by atoms with Gasteiger partial charge in [-0.15, -0.1) is 0 Å². The van der Waals surface area contributed by atoms with E-state index in [1.807, 2.05) is 23.1 Å². The zero-order valence-electron chi connectivity index (χ0n) is 11.9. The van der Waals surface area contributed by atoms with E-state index in [2.05, 4.69) is 38.2 Å². The lowest BCUT2D eigenvalue weighted by Gasteiger charge is -2.35. The van der Waals surface area contributed by atoms with Crippen LogP contribution in [0.25, 0.3) is 6.08 Å². The van der Waals surface area contributed by atoms with E-state index >= 15 is 0 Å². The number of benzene rings is 1. The van der Waals surface area contributed by atoms with Crippen LogP contribution in [0.3, 0.4) is 0 Å². The van der Waals surface area contributed by atoms with Crippen molar-refractivity contribution >= 4 is 12.0 Å². The Morgan fingerprint density at radius 2 is 1.79 bits per heavy atom. The molecule has 1 heterocycles. The number of carbonyl (C=O) groups excluding carboxylic acids is 1. The summed E-state index contributed by atoms with van der Waals surface area (Å²) in [7, 11) is 0. The first-order chi connectivity index (χ1) is 9.04. The van der Waals surface area contributed by atoms with Crippen LogP contribution in [-0.2, 0) is 4.79 Å². The fourth-order valence-electron chi connectivity index (χ4n) is 2.46. The number of hydrogen-bond donors (Lipinski definition) is 1. The van der Waals surface area contributed by atoms with Gasteiger partial charge in [-0.25, -0.2) is 0 Å². The highest BCUT2D eigenvalue weighted by Gasteiger charge is 2.23. The SMILES string of the molecule is Cc1ccc(/C=C/C(=O)N2CC(C)NC(C)C2)cc1. The molecule has 1 aliphatic heterocycles. The second kappa shape index (κ2) is 6.02. The Kier molecular flexibility index (Phi) is 4.38. The van der Waals surface area contributed by atoms with Gasteiger partial charge in [-0.3, -0.25) is 4.79 Å². The van der Waals surface area contributed by atoms with E-state index in [-0.39, 0.29) is 5.91 Å². The van der Waals surface area contributed by atoms with E-state index in [1.54, 1.807) is 6.08 Å². The van der Waals surface area contributed by atoms with Crippen LogP contribution in [0.15, 0.2) is 30.3 Å². The summed E-state index contributed by atoms with van der Waals surface area (Å²) in [6.07, 6.45) is 3.56. The minimum Gasteiger partial charge on any atom is -0.336 e. The molecule has 0 aromatic heterocycles. The van der Waals surface area contributed by atoms with Gasteiger partial charge in [0.2, 0.25) is 5.91 Å². The first-order valence-electron chi connectivity index (χ1n) is 6.84.